The fourth-order valence-electron chi connectivity index (χ4n) is 5.08. The molecular weight excluding hydrogens is 348 g/mol. The Hall–Kier alpha value is -1.69. The predicted octanol–water partition coefficient (Wildman–Crippen LogP) is 3.44. The molecule has 0 saturated carbocycles. The highest BCUT2D eigenvalue weighted by Gasteiger charge is 2.45. The van der Waals surface area contributed by atoms with E-state index in [1.165, 1.54) is 11.3 Å². The third-order valence-corrected chi connectivity index (χ3v) is 6.61. The molecule has 1 aromatic carbocycles. The Morgan fingerprint density at radius 3 is 2.88 bits per heavy atom. The summed E-state index contributed by atoms with van der Waals surface area (Å²) in [6.45, 7) is 5.12. The first-order valence-corrected chi connectivity index (χ1v) is 9.78. The van der Waals surface area contributed by atoms with E-state index in [-0.39, 0.29) is 11.3 Å². The highest BCUT2D eigenvalue weighted by atomic mass is 35.5. The molecule has 1 saturated heterocycles. The first-order chi connectivity index (χ1) is 12.6. The van der Waals surface area contributed by atoms with E-state index in [1.54, 1.807) is 6.33 Å². The SMILES string of the molecule is C[C@@H]1C[C@@H](O)c2ncnc(N3CC4(CCNCC4)c4cc(Cl)ccc43)c21. The van der Waals surface area contributed by atoms with Gasteiger partial charge in [0.2, 0.25) is 0 Å². The minimum Gasteiger partial charge on any atom is -0.387 e. The van der Waals surface area contributed by atoms with Crippen LogP contribution < -0.4 is 10.2 Å². The number of rotatable bonds is 1. The summed E-state index contributed by atoms with van der Waals surface area (Å²) in [7, 11) is 0. The Labute approximate surface area is 158 Å². The van der Waals surface area contributed by atoms with Gasteiger partial charge in [-0.2, -0.15) is 0 Å². The van der Waals surface area contributed by atoms with E-state index in [0.717, 1.165) is 61.0 Å². The summed E-state index contributed by atoms with van der Waals surface area (Å²) in [5.74, 6) is 1.22. The van der Waals surface area contributed by atoms with Crippen LogP contribution in [0.3, 0.4) is 0 Å². The third kappa shape index (κ3) is 2.30. The van der Waals surface area contributed by atoms with E-state index in [1.807, 2.05) is 6.07 Å². The molecule has 2 aliphatic heterocycles. The van der Waals surface area contributed by atoms with Gasteiger partial charge < -0.3 is 15.3 Å². The van der Waals surface area contributed by atoms with Crippen LogP contribution in [0.15, 0.2) is 24.5 Å². The summed E-state index contributed by atoms with van der Waals surface area (Å²) < 4.78 is 0. The predicted molar refractivity (Wildman–Crippen MR) is 102 cm³/mol. The maximum Gasteiger partial charge on any atom is 0.140 e. The molecule has 3 heterocycles. The zero-order chi connectivity index (χ0) is 17.9. The van der Waals surface area contributed by atoms with Crippen molar-refractivity contribution in [1.82, 2.24) is 15.3 Å². The minimum atomic E-state index is -0.484. The molecule has 2 N–H and O–H groups in total. The third-order valence-electron chi connectivity index (χ3n) is 6.38. The maximum atomic E-state index is 10.4. The summed E-state index contributed by atoms with van der Waals surface area (Å²) in [6.07, 6.45) is 4.03. The molecule has 0 amide bonds. The molecule has 5 nitrogen and oxygen atoms in total. The number of anilines is 2. The molecular formula is C20H23ClN4O. The van der Waals surface area contributed by atoms with Gasteiger partial charge in [0.1, 0.15) is 12.1 Å². The van der Waals surface area contributed by atoms with Crippen molar-refractivity contribution in [2.24, 2.45) is 0 Å². The average Bonchev–Trinajstić information content (AvgIpc) is 3.11. The minimum absolute atomic E-state index is 0.115. The smallest absolute Gasteiger partial charge is 0.140 e. The average molecular weight is 371 g/mol. The number of aliphatic hydroxyl groups excluding tert-OH is 1. The fourth-order valence-corrected chi connectivity index (χ4v) is 5.25. The van der Waals surface area contributed by atoms with Gasteiger partial charge in [-0.3, -0.25) is 0 Å². The Morgan fingerprint density at radius 2 is 2.08 bits per heavy atom. The van der Waals surface area contributed by atoms with Gasteiger partial charge in [-0.25, -0.2) is 9.97 Å². The molecule has 2 aromatic rings. The molecule has 6 heteroatoms. The van der Waals surface area contributed by atoms with Gasteiger partial charge >= 0.3 is 0 Å². The summed E-state index contributed by atoms with van der Waals surface area (Å²) in [5, 5.41) is 14.6. The standard InChI is InChI=1S/C20H23ClN4O/c1-12-8-16(26)18-17(12)19(24-11-23-18)25-10-20(4-6-22-7-5-20)14-9-13(21)2-3-15(14)25/h2-3,9,11-12,16,22,26H,4-8,10H2,1H3/t12-,16-/m1/s1. The van der Waals surface area contributed by atoms with E-state index >= 15 is 0 Å². The number of aliphatic hydroxyl groups is 1. The van der Waals surface area contributed by atoms with Crippen molar-refractivity contribution >= 4 is 23.1 Å². The van der Waals surface area contributed by atoms with Crippen molar-refractivity contribution in [3.63, 3.8) is 0 Å². The first kappa shape index (κ1) is 16.5. The molecule has 0 bridgehead atoms. The van der Waals surface area contributed by atoms with Gasteiger partial charge in [0.15, 0.2) is 0 Å². The van der Waals surface area contributed by atoms with E-state index in [9.17, 15) is 5.11 Å². The van der Waals surface area contributed by atoms with Crippen LogP contribution in [0.25, 0.3) is 0 Å². The molecule has 1 aromatic heterocycles. The molecule has 2 atom stereocenters. The van der Waals surface area contributed by atoms with Crippen molar-refractivity contribution in [3.05, 3.63) is 46.4 Å². The molecule has 1 spiro atoms. The maximum absolute atomic E-state index is 10.4. The number of hydrogen-bond acceptors (Lipinski definition) is 5. The van der Waals surface area contributed by atoms with E-state index in [2.05, 4.69) is 39.2 Å². The van der Waals surface area contributed by atoms with Crippen LogP contribution in [0, 0.1) is 0 Å². The van der Waals surface area contributed by atoms with Gasteiger partial charge in [0, 0.05) is 28.2 Å². The molecule has 26 heavy (non-hydrogen) atoms. The lowest BCUT2D eigenvalue weighted by atomic mass is 9.75. The molecule has 5 rings (SSSR count). The molecule has 1 fully saturated rings. The topological polar surface area (TPSA) is 61.3 Å². The first-order valence-electron chi connectivity index (χ1n) is 9.40. The lowest BCUT2D eigenvalue weighted by Gasteiger charge is -2.35. The Morgan fingerprint density at radius 1 is 1.27 bits per heavy atom. The lowest BCUT2D eigenvalue weighted by molar-refractivity contribution is 0.170. The number of nitrogens with zero attached hydrogens (tertiary/aromatic N) is 3. The second-order valence-electron chi connectivity index (χ2n) is 7.93. The Balaban J connectivity index is 1.67. The van der Waals surface area contributed by atoms with Crippen LogP contribution >= 0.6 is 11.6 Å². The Kier molecular flexibility index (Phi) is 3.75. The van der Waals surface area contributed by atoms with Crippen LogP contribution in [0.2, 0.25) is 5.02 Å². The van der Waals surface area contributed by atoms with Crippen molar-refractivity contribution < 1.29 is 5.11 Å². The van der Waals surface area contributed by atoms with Crippen molar-refractivity contribution in [2.75, 3.05) is 24.5 Å². The summed E-state index contributed by atoms with van der Waals surface area (Å²) in [4.78, 5) is 11.4. The van der Waals surface area contributed by atoms with Crippen LogP contribution in [0.5, 0.6) is 0 Å². The van der Waals surface area contributed by atoms with E-state index < -0.39 is 6.10 Å². The zero-order valence-electron chi connectivity index (χ0n) is 14.9. The molecule has 0 unspecified atom stereocenters. The summed E-state index contributed by atoms with van der Waals surface area (Å²) >= 11 is 6.36. The summed E-state index contributed by atoms with van der Waals surface area (Å²) in [5.41, 5.74) is 4.55. The second-order valence-corrected chi connectivity index (χ2v) is 8.36. The molecule has 1 aliphatic carbocycles. The van der Waals surface area contributed by atoms with Gasteiger partial charge in [-0.15, -0.1) is 0 Å². The molecule has 3 aliphatic rings. The number of nitrogens with one attached hydrogen (secondary N) is 1. The van der Waals surface area contributed by atoms with Gasteiger partial charge in [-0.05, 0) is 62.0 Å². The van der Waals surface area contributed by atoms with Gasteiger partial charge in [0.25, 0.3) is 0 Å². The van der Waals surface area contributed by atoms with Crippen LogP contribution in [0.4, 0.5) is 11.5 Å². The number of fused-ring (bicyclic) bond motifs is 3. The van der Waals surface area contributed by atoms with Crippen LogP contribution in [0.1, 0.15) is 55.0 Å². The van der Waals surface area contributed by atoms with Crippen molar-refractivity contribution in [2.45, 2.75) is 43.6 Å². The number of halogens is 1. The lowest BCUT2D eigenvalue weighted by Crippen LogP contribution is -2.42. The number of benzene rings is 1. The van der Waals surface area contributed by atoms with Gasteiger partial charge in [-0.1, -0.05) is 18.5 Å². The zero-order valence-corrected chi connectivity index (χ0v) is 15.6. The number of piperidine rings is 1. The van der Waals surface area contributed by atoms with Gasteiger partial charge in [0.05, 0.1) is 11.8 Å². The normalized spacial score (nSPS) is 26.2. The monoisotopic (exact) mass is 370 g/mol. The van der Waals surface area contributed by atoms with Crippen molar-refractivity contribution in [3.8, 4) is 0 Å². The van der Waals surface area contributed by atoms with Crippen molar-refractivity contribution in [1.29, 1.82) is 0 Å². The fraction of sp³-hybridized carbons (Fsp3) is 0.500. The number of aromatic nitrogens is 2. The highest BCUT2D eigenvalue weighted by Crippen LogP contribution is 2.52. The largest absolute Gasteiger partial charge is 0.387 e. The summed E-state index contributed by atoms with van der Waals surface area (Å²) in [6, 6.07) is 6.23. The number of hydrogen-bond donors (Lipinski definition) is 2. The van der Waals surface area contributed by atoms with Crippen LogP contribution in [-0.2, 0) is 5.41 Å². The van der Waals surface area contributed by atoms with Crippen LogP contribution in [-0.4, -0.2) is 34.7 Å². The highest BCUT2D eigenvalue weighted by molar-refractivity contribution is 6.30. The second kappa shape index (κ2) is 5.91. The molecule has 136 valence electrons. The van der Waals surface area contributed by atoms with E-state index in [0.29, 0.717) is 0 Å². The Bertz CT molecular complexity index is 865. The quantitative estimate of drug-likeness (QED) is 0.805. The van der Waals surface area contributed by atoms with E-state index in [4.69, 9.17) is 11.6 Å². The molecule has 0 radical (unpaired) electrons.